The lowest BCUT2D eigenvalue weighted by molar-refractivity contribution is -0.338. The number of alkyl halides is 3. The second-order valence-electron chi connectivity index (χ2n) is 4.75. The average molecular weight is 314 g/mol. The Hall–Kier alpha value is -2.22. The number of rotatable bonds is 6. The van der Waals surface area contributed by atoms with Crippen molar-refractivity contribution in [3.8, 4) is 0 Å². The molecular weight excluding hydrogens is 301 g/mol. The van der Waals surface area contributed by atoms with Gasteiger partial charge in [0.05, 0.1) is 12.6 Å². The van der Waals surface area contributed by atoms with Crippen molar-refractivity contribution in [2.75, 3.05) is 6.54 Å². The molecule has 22 heavy (non-hydrogen) atoms. The fourth-order valence-electron chi connectivity index (χ4n) is 1.91. The topological polar surface area (TPSA) is 68.3 Å². The fraction of sp³-hybridized carbons (Fsp3) is 0.357. The molecule has 1 unspecified atom stereocenters. The Kier molecular flexibility index (Phi) is 4.92. The molecule has 0 aliphatic heterocycles. The molecule has 1 aromatic heterocycles. The Bertz CT molecular complexity index is 585. The van der Waals surface area contributed by atoms with Gasteiger partial charge in [0, 0.05) is 30.8 Å². The van der Waals surface area contributed by atoms with Crippen molar-refractivity contribution >= 4 is 11.7 Å². The standard InChI is InChI=1S/C14H13F3N2O3/c15-14(16,17)22-12-6-10(7-12)13(21)19-8-11(20)5-9-1-3-18-4-2-9/h1-4,6,12H,5,7-8H2,(H,19,21). The van der Waals surface area contributed by atoms with E-state index >= 15 is 0 Å². The third-order valence-corrected chi connectivity index (χ3v) is 2.98. The van der Waals surface area contributed by atoms with Gasteiger partial charge in [-0.15, -0.1) is 13.2 Å². The van der Waals surface area contributed by atoms with Crippen molar-refractivity contribution in [3.05, 3.63) is 41.7 Å². The number of carbonyl (C=O) groups is 2. The molecule has 118 valence electrons. The fourth-order valence-corrected chi connectivity index (χ4v) is 1.91. The molecule has 5 nitrogen and oxygen atoms in total. The lowest BCUT2D eigenvalue weighted by atomic mass is 9.95. The maximum absolute atomic E-state index is 11.9. The molecule has 0 saturated carbocycles. The van der Waals surface area contributed by atoms with Gasteiger partial charge in [-0.3, -0.25) is 19.3 Å². The van der Waals surface area contributed by atoms with Crippen LogP contribution in [0.5, 0.6) is 0 Å². The summed E-state index contributed by atoms with van der Waals surface area (Å²) in [5.74, 6) is -0.757. The first-order valence-corrected chi connectivity index (χ1v) is 6.47. The number of aromatic nitrogens is 1. The normalized spacial score (nSPS) is 17.4. The molecule has 0 saturated heterocycles. The Morgan fingerprint density at radius 1 is 1.32 bits per heavy atom. The summed E-state index contributed by atoms with van der Waals surface area (Å²) in [6, 6.07) is 3.38. The van der Waals surface area contributed by atoms with Crippen LogP contribution in [0.4, 0.5) is 13.2 Å². The monoisotopic (exact) mass is 314 g/mol. The number of hydrogen-bond donors (Lipinski definition) is 1. The second-order valence-corrected chi connectivity index (χ2v) is 4.75. The Balaban J connectivity index is 1.73. The van der Waals surface area contributed by atoms with Gasteiger partial charge in [-0.1, -0.05) is 0 Å². The molecule has 0 fully saturated rings. The molecule has 0 bridgehead atoms. The van der Waals surface area contributed by atoms with E-state index in [9.17, 15) is 22.8 Å². The number of amides is 1. The van der Waals surface area contributed by atoms with Crippen molar-refractivity contribution in [2.45, 2.75) is 25.3 Å². The summed E-state index contributed by atoms with van der Waals surface area (Å²) in [5, 5.41) is 2.38. The van der Waals surface area contributed by atoms with Crippen LogP contribution in [0.3, 0.4) is 0 Å². The minimum atomic E-state index is -4.72. The summed E-state index contributed by atoms with van der Waals surface area (Å²) >= 11 is 0. The van der Waals surface area contributed by atoms with Gasteiger partial charge in [-0.05, 0) is 23.8 Å². The third kappa shape index (κ3) is 4.96. The highest BCUT2D eigenvalue weighted by molar-refractivity contribution is 5.97. The molecule has 1 aromatic rings. The van der Waals surface area contributed by atoms with Crippen LogP contribution in [0.2, 0.25) is 0 Å². The van der Waals surface area contributed by atoms with Gasteiger partial charge in [0.25, 0.3) is 0 Å². The van der Waals surface area contributed by atoms with Crippen molar-refractivity contribution in [1.29, 1.82) is 0 Å². The van der Waals surface area contributed by atoms with E-state index in [1.165, 1.54) is 0 Å². The van der Waals surface area contributed by atoms with Gasteiger partial charge in [0.1, 0.15) is 0 Å². The van der Waals surface area contributed by atoms with Gasteiger partial charge >= 0.3 is 6.36 Å². The van der Waals surface area contributed by atoms with Crippen molar-refractivity contribution in [3.63, 3.8) is 0 Å². The summed E-state index contributed by atoms with van der Waals surface area (Å²) in [5.41, 5.74) is 0.960. The predicted octanol–water partition coefficient (Wildman–Crippen LogP) is 1.54. The van der Waals surface area contributed by atoms with Gasteiger partial charge in [-0.2, -0.15) is 0 Å². The number of ether oxygens (including phenoxy) is 1. The molecule has 1 aliphatic rings. The largest absolute Gasteiger partial charge is 0.523 e. The summed E-state index contributed by atoms with van der Waals surface area (Å²) in [4.78, 5) is 27.1. The van der Waals surface area contributed by atoms with E-state index in [1.54, 1.807) is 24.5 Å². The zero-order valence-corrected chi connectivity index (χ0v) is 11.4. The summed E-state index contributed by atoms with van der Waals surface area (Å²) in [6.45, 7) is -0.177. The molecule has 1 atom stereocenters. The van der Waals surface area contributed by atoms with E-state index in [2.05, 4.69) is 15.0 Å². The van der Waals surface area contributed by atoms with Crippen LogP contribution in [0, 0.1) is 0 Å². The highest BCUT2D eigenvalue weighted by Crippen LogP contribution is 2.29. The summed E-state index contributed by atoms with van der Waals surface area (Å²) in [6.07, 6.45) is -1.61. The van der Waals surface area contributed by atoms with Crippen LogP contribution in [0.15, 0.2) is 36.2 Å². The molecule has 1 heterocycles. The van der Waals surface area contributed by atoms with Gasteiger partial charge in [-0.25, -0.2) is 0 Å². The van der Waals surface area contributed by atoms with E-state index in [1.807, 2.05) is 0 Å². The minimum Gasteiger partial charge on any atom is -0.345 e. The summed E-state index contributed by atoms with van der Waals surface area (Å²) < 4.78 is 39.5. The highest BCUT2D eigenvalue weighted by atomic mass is 19.4. The van der Waals surface area contributed by atoms with Crippen LogP contribution in [-0.4, -0.2) is 35.7 Å². The van der Waals surface area contributed by atoms with Gasteiger partial charge in [0.15, 0.2) is 5.78 Å². The van der Waals surface area contributed by atoms with Gasteiger partial charge in [0.2, 0.25) is 5.91 Å². The Morgan fingerprint density at radius 3 is 2.55 bits per heavy atom. The van der Waals surface area contributed by atoms with E-state index in [0.29, 0.717) is 0 Å². The molecule has 8 heteroatoms. The lowest BCUT2D eigenvalue weighted by Gasteiger charge is -2.25. The van der Waals surface area contributed by atoms with Gasteiger partial charge < -0.3 is 5.32 Å². The maximum Gasteiger partial charge on any atom is 0.523 e. The maximum atomic E-state index is 11.9. The molecule has 2 rings (SSSR count). The molecule has 1 amide bonds. The lowest BCUT2D eigenvalue weighted by Crippen LogP contribution is -2.37. The number of ketones is 1. The zero-order chi connectivity index (χ0) is 16.2. The quantitative estimate of drug-likeness (QED) is 0.865. The van der Waals surface area contributed by atoms with Crippen LogP contribution >= 0.6 is 0 Å². The van der Waals surface area contributed by atoms with E-state index < -0.39 is 18.4 Å². The van der Waals surface area contributed by atoms with E-state index in [0.717, 1.165) is 11.6 Å². The molecule has 0 spiro atoms. The molecule has 1 N–H and O–H groups in total. The number of hydrogen-bond acceptors (Lipinski definition) is 4. The van der Waals surface area contributed by atoms with Crippen LogP contribution < -0.4 is 5.32 Å². The number of pyridine rings is 1. The predicted molar refractivity (Wildman–Crippen MR) is 69.6 cm³/mol. The first-order chi connectivity index (χ1) is 10.3. The average Bonchev–Trinajstić information content (AvgIpc) is 2.40. The SMILES string of the molecule is O=C(CNC(=O)C1=CC(OC(F)(F)F)C1)Cc1ccncc1. The first-order valence-electron chi connectivity index (χ1n) is 6.47. The first kappa shape index (κ1) is 16.2. The van der Waals surface area contributed by atoms with Crippen LogP contribution in [0.25, 0.3) is 0 Å². The Morgan fingerprint density at radius 2 is 1.95 bits per heavy atom. The molecule has 1 aliphatic carbocycles. The minimum absolute atomic E-state index is 0.121. The third-order valence-electron chi connectivity index (χ3n) is 2.98. The Labute approximate surface area is 124 Å². The number of nitrogens with zero attached hydrogens (tertiary/aromatic N) is 1. The summed E-state index contributed by atoms with van der Waals surface area (Å²) in [7, 11) is 0. The molecular formula is C14H13F3N2O3. The van der Waals surface area contributed by atoms with E-state index in [-0.39, 0.29) is 30.7 Å². The highest BCUT2D eigenvalue weighted by Gasteiger charge is 2.37. The van der Waals surface area contributed by atoms with Crippen LogP contribution in [-0.2, 0) is 20.7 Å². The second kappa shape index (κ2) is 6.69. The molecule has 0 radical (unpaired) electrons. The van der Waals surface area contributed by atoms with Crippen molar-refractivity contribution < 1.29 is 27.5 Å². The zero-order valence-electron chi connectivity index (χ0n) is 11.4. The van der Waals surface area contributed by atoms with Crippen LogP contribution in [0.1, 0.15) is 12.0 Å². The molecule has 0 aromatic carbocycles. The van der Waals surface area contributed by atoms with Crippen molar-refractivity contribution in [1.82, 2.24) is 10.3 Å². The number of nitrogens with one attached hydrogen (secondary N) is 1. The van der Waals surface area contributed by atoms with E-state index in [4.69, 9.17) is 0 Å². The smallest absolute Gasteiger partial charge is 0.345 e. The number of halogens is 3. The van der Waals surface area contributed by atoms with Crippen molar-refractivity contribution in [2.24, 2.45) is 0 Å². The number of Topliss-reactive ketones (excluding diaryl/α,β-unsaturated/α-hetero) is 1. The number of carbonyl (C=O) groups excluding carboxylic acids is 2.